The maximum atomic E-state index is 13.0. The summed E-state index contributed by atoms with van der Waals surface area (Å²) in [6.07, 6.45) is 4.88. The molecule has 0 saturated carbocycles. The van der Waals surface area contributed by atoms with E-state index in [1.807, 2.05) is 48.5 Å². The normalized spacial score (nSPS) is 11.9. The van der Waals surface area contributed by atoms with E-state index in [2.05, 4.69) is 15.0 Å². The molecule has 0 spiro atoms. The largest absolute Gasteiger partial charge is 0.368 e. The minimum absolute atomic E-state index is 0.0581. The number of nitrogen functional groups attached to an aromatic ring is 1. The van der Waals surface area contributed by atoms with Gasteiger partial charge in [-0.15, -0.1) is 0 Å². The predicted octanol–water partition coefficient (Wildman–Crippen LogP) is 3.33. The van der Waals surface area contributed by atoms with Crippen molar-refractivity contribution < 1.29 is 34.4 Å². The topological polar surface area (TPSA) is 228 Å². The van der Waals surface area contributed by atoms with Gasteiger partial charge in [0.1, 0.15) is 5.82 Å². The fraction of sp³-hybridized carbons (Fsp3) is 0.192. The number of nitrogens with zero attached hydrogens (tertiary/aromatic N) is 4. The standard InChI is InChI=1S/C24H22N6O2S.2CH4O3S/c1-15(2)33(31,32)30-20-13-17(10-11-19(20)27-24(30)25)22-21(16-7-4-3-5-8-16)28-23(29-22)18-9-6-12-26-14-18;2*1-5(2,3)4/h3-15H,1-2H3,(H2,25,27)(H,28,29);2*1H3,(H,2,3,4). The summed E-state index contributed by atoms with van der Waals surface area (Å²) in [4.78, 5) is 16.7. The van der Waals surface area contributed by atoms with Crippen LogP contribution in [0.15, 0.2) is 73.1 Å². The van der Waals surface area contributed by atoms with Crippen molar-refractivity contribution in [1.82, 2.24) is 23.9 Å². The van der Waals surface area contributed by atoms with E-state index >= 15 is 0 Å². The third kappa shape index (κ3) is 9.16. The molecule has 14 nitrogen and oxygen atoms in total. The van der Waals surface area contributed by atoms with Crippen LogP contribution < -0.4 is 5.73 Å². The Kier molecular flexibility index (Phi) is 10.1. The maximum Gasteiger partial charge on any atom is 0.261 e. The summed E-state index contributed by atoms with van der Waals surface area (Å²) in [7, 11) is -11.0. The lowest BCUT2D eigenvalue weighted by Crippen LogP contribution is -2.23. The fourth-order valence-electron chi connectivity index (χ4n) is 3.73. The van der Waals surface area contributed by atoms with Gasteiger partial charge < -0.3 is 10.7 Å². The first-order chi connectivity index (χ1) is 19.9. The molecule has 43 heavy (non-hydrogen) atoms. The summed E-state index contributed by atoms with van der Waals surface area (Å²) in [5.41, 5.74) is 11.0. The number of nitrogens with one attached hydrogen (secondary N) is 1. The first kappa shape index (κ1) is 33.3. The maximum absolute atomic E-state index is 13.0. The Bertz CT molecular complexity index is 2000. The van der Waals surface area contributed by atoms with Crippen LogP contribution in [0.5, 0.6) is 0 Å². The van der Waals surface area contributed by atoms with Crippen molar-refractivity contribution in [3.8, 4) is 33.9 Å². The quantitative estimate of drug-likeness (QED) is 0.201. The molecule has 0 atom stereocenters. The van der Waals surface area contributed by atoms with E-state index in [0.717, 1.165) is 26.4 Å². The molecule has 230 valence electrons. The molecule has 0 unspecified atom stereocenters. The minimum Gasteiger partial charge on any atom is -0.368 e. The van der Waals surface area contributed by atoms with Crippen LogP contribution in [0.4, 0.5) is 5.95 Å². The Hall–Kier alpha value is -4.16. The highest BCUT2D eigenvalue weighted by atomic mass is 32.2. The Morgan fingerprint density at radius 1 is 0.814 bits per heavy atom. The van der Waals surface area contributed by atoms with E-state index in [4.69, 9.17) is 19.8 Å². The number of fused-ring (bicyclic) bond motifs is 1. The number of aromatic nitrogens is 5. The second-order valence-corrected chi connectivity index (χ2v) is 14.7. The molecule has 0 fully saturated rings. The van der Waals surface area contributed by atoms with E-state index < -0.39 is 35.5 Å². The van der Waals surface area contributed by atoms with Crippen LogP contribution in [0.1, 0.15) is 13.8 Å². The SMILES string of the molecule is CC(C)S(=O)(=O)n1c(N)nc2ccc(-c3nc(-c4cccnc4)[nH]c3-c3ccccc3)cc21.CS(=O)(=O)O.CS(=O)(=O)O. The zero-order chi connectivity index (χ0) is 32.2. The van der Waals surface area contributed by atoms with Crippen molar-refractivity contribution >= 4 is 47.2 Å². The fourth-order valence-corrected chi connectivity index (χ4v) is 4.88. The molecule has 0 aliphatic carbocycles. The van der Waals surface area contributed by atoms with Crippen molar-refractivity contribution in [2.75, 3.05) is 18.2 Å². The molecule has 0 saturated heterocycles. The lowest BCUT2D eigenvalue weighted by atomic mass is 10.0. The second-order valence-electron chi connectivity index (χ2n) is 9.41. The van der Waals surface area contributed by atoms with Gasteiger partial charge in [0.05, 0.1) is 40.2 Å². The van der Waals surface area contributed by atoms with Gasteiger partial charge in [0.15, 0.2) is 0 Å². The van der Waals surface area contributed by atoms with Gasteiger partial charge in [0.25, 0.3) is 20.2 Å². The molecule has 0 amide bonds. The number of nitrogens with two attached hydrogens (primary N) is 1. The van der Waals surface area contributed by atoms with Gasteiger partial charge in [0, 0.05) is 29.1 Å². The van der Waals surface area contributed by atoms with Crippen molar-refractivity contribution in [3.63, 3.8) is 0 Å². The van der Waals surface area contributed by atoms with E-state index in [1.165, 1.54) is 0 Å². The van der Waals surface area contributed by atoms with E-state index in [0.29, 0.717) is 35.1 Å². The number of imidazole rings is 2. The molecule has 5 aromatic rings. The number of hydrogen-bond donors (Lipinski definition) is 4. The van der Waals surface area contributed by atoms with Crippen molar-refractivity contribution in [2.45, 2.75) is 19.1 Å². The highest BCUT2D eigenvalue weighted by Gasteiger charge is 2.25. The molecule has 5 rings (SSSR count). The average molecular weight is 651 g/mol. The molecule has 3 aromatic heterocycles. The zero-order valence-electron chi connectivity index (χ0n) is 23.4. The van der Waals surface area contributed by atoms with Gasteiger partial charge >= 0.3 is 0 Å². The summed E-state index contributed by atoms with van der Waals surface area (Å²) in [5, 5.41) is -0.650. The molecular weight excluding hydrogens is 621 g/mol. The number of anilines is 1. The third-order valence-electron chi connectivity index (χ3n) is 5.46. The van der Waals surface area contributed by atoms with Crippen LogP contribution in [0.25, 0.3) is 44.9 Å². The van der Waals surface area contributed by atoms with Gasteiger partial charge in [-0.3, -0.25) is 14.1 Å². The Morgan fingerprint density at radius 3 is 1.93 bits per heavy atom. The Morgan fingerprint density at radius 2 is 1.40 bits per heavy atom. The first-order valence-electron chi connectivity index (χ1n) is 12.3. The molecule has 0 aliphatic rings. The lowest BCUT2D eigenvalue weighted by molar-refractivity contribution is 0.488. The molecule has 2 aromatic carbocycles. The molecule has 3 heterocycles. The van der Waals surface area contributed by atoms with E-state index in [9.17, 15) is 25.3 Å². The number of aromatic amines is 1. The second kappa shape index (κ2) is 13.0. The van der Waals surface area contributed by atoms with Crippen LogP contribution in [0.2, 0.25) is 0 Å². The van der Waals surface area contributed by atoms with Crippen LogP contribution in [0.3, 0.4) is 0 Å². The highest BCUT2D eigenvalue weighted by molar-refractivity contribution is 7.90. The molecule has 5 N–H and O–H groups in total. The summed E-state index contributed by atoms with van der Waals surface area (Å²) < 4.78 is 78.8. The van der Waals surface area contributed by atoms with Crippen LogP contribution in [-0.2, 0) is 30.3 Å². The molecule has 0 bridgehead atoms. The number of rotatable bonds is 5. The van der Waals surface area contributed by atoms with Gasteiger partial charge in [-0.2, -0.15) is 16.8 Å². The highest BCUT2D eigenvalue weighted by Crippen LogP contribution is 2.35. The number of H-pyrrole nitrogens is 1. The molecule has 17 heteroatoms. The monoisotopic (exact) mass is 650 g/mol. The Balaban J connectivity index is 0.000000440. The van der Waals surface area contributed by atoms with E-state index in [1.54, 1.807) is 38.4 Å². The summed E-state index contributed by atoms with van der Waals surface area (Å²) in [5.74, 6) is 0.608. The lowest BCUT2D eigenvalue weighted by Gasteiger charge is -2.11. The molecular formula is C26H30N6O8S3. The van der Waals surface area contributed by atoms with Gasteiger partial charge in [-0.05, 0) is 38.1 Å². The number of pyridine rings is 1. The number of hydrogen-bond acceptors (Lipinski definition) is 10. The Labute approximate surface area is 249 Å². The van der Waals surface area contributed by atoms with Crippen molar-refractivity contribution in [1.29, 1.82) is 0 Å². The summed E-state index contributed by atoms with van der Waals surface area (Å²) >= 11 is 0. The van der Waals surface area contributed by atoms with Crippen molar-refractivity contribution in [2.24, 2.45) is 0 Å². The van der Waals surface area contributed by atoms with Gasteiger partial charge in [-0.25, -0.2) is 22.4 Å². The average Bonchev–Trinajstić information content (AvgIpc) is 3.48. The smallest absolute Gasteiger partial charge is 0.261 e. The minimum atomic E-state index is -3.70. The van der Waals surface area contributed by atoms with Gasteiger partial charge in [-0.1, -0.05) is 36.4 Å². The predicted molar refractivity (Wildman–Crippen MR) is 165 cm³/mol. The third-order valence-corrected chi connectivity index (χ3v) is 7.55. The summed E-state index contributed by atoms with van der Waals surface area (Å²) in [6.45, 7) is 3.23. The van der Waals surface area contributed by atoms with Crippen LogP contribution >= 0.6 is 0 Å². The van der Waals surface area contributed by atoms with Crippen LogP contribution in [0, 0.1) is 0 Å². The molecule has 0 radical (unpaired) electrons. The zero-order valence-corrected chi connectivity index (χ0v) is 25.9. The number of benzene rings is 2. The van der Waals surface area contributed by atoms with E-state index in [-0.39, 0.29) is 5.95 Å². The first-order valence-corrected chi connectivity index (χ1v) is 17.5. The summed E-state index contributed by atoms with van der Waals surface area (Å²) in [6, 6.07) is 19.0. The molecule has 0 aliphatic heterocycles. The van der Waals surface area contributed by atoms with Gasteiger partial charge in [0.2, 0.25) is 16.0 Å². The van der Waals surface area contributed by atoms with Crippen LogP contribution in [-0.4, -0.2) is 76.0 Å². The van der Waals surface area contributed by atoms with Crippen molar-refractivity contribution in [3.05, 3.63) is 73.1 Å².